The number of ether oxygens (including phenoxy) is 2. The number of aromatic nitrogens is 2. The van der Waals surface area contributed by atoms with Gasteiger partial charge in [0.15, 0.2) is 12.5 Å². The minimum absolute atomic E-state index is 0.0196. The van der Waals surface area contributed by atoms with Crippen LogP contribution < -0.4 is 0 Å². The molecule has 0 saturated carbocycles. The van der Waals surface area contributed by atoms with E-state index < -0.39 is 0 Å². The van der Waals surface area contributed by atoms with Crippen LogP contribution in [0.2, 0.25) is 5.15 Å². The van der Waals surface area contributed by atoms with Gasteiger partial charge in [-0.25, -0.2) is 9.97 Å². The summed E-state index contributed by atoms with van der Waals surface area (Å²) in [5.74, 6) is 0. The van der Waals surface area contributed by atoms with Gasteiger partial charge in [0.25, 0.3) is 0 Å². The fourth-order valence-corrected chi connectivity index (χ4v) is 2.84. The fourth-order valence-electron chi connectivity index (χ4n) is 2.61. The first-order chi connectivity index (χ1) is 9.35. The molecule has 0 bridgehead atoms. The quantitative estimate of drug-likeness (QED) is 0.619. The lowest BCUT2D eigenvalue weighted by Crippen LogP contribution is -2.42. The molecule has 20 heavy (non-hydrogen) atoms. The van der Waals surface area contributed by atoms with Gasteiger partial charge in [0.1, 0.15) is 11.5 Å². The number of rotatable bonds is 2. The molecule has 1 fully saturated rings. The SMILES string of the molecule is CC1Cc2c(Cl)ncnc2CN1C1O[C@@H]1OC(C)(C)C. The van der Waals surface area contributed by atoms with E-state index in [1.54, 1.807) is 0 Å². The Balaban J connectivity index is 1.71. The molecule has 1 aromatic rings. The first-order valence-corrected chi connectivity index (χ1v) is 7.30. The third kappa shape index (κ3) is 2.81. The molecular weight excluding hydrogens is 278 g/mol. The molecule has 5 nitrogen and oxygen atoms in total. The van der Waals surface area contributed by atoms with Gasteiger partial charge in [-0.15, -0.1) is 0 Å². The average Bonchev–Trinajstić information content (AvgIpc) is 3.06. The maximum atomic E-state index is 6.14. The van der Waals surface area contributed by atoms with Gasteiger partial charge in [-0.2, -0.15) is 0 Å². The molecule has 1 saturated heterocycles. The maximum absolute atomic E-state index is 6.14. The molecule has 0 aliphatic carbocycles. The second-order valence-electron chi connectivity index (χ2n) is 6.44. The number of nitrogens with zero attached hydrogens (tertiary/aromatic N) is 3. The molecule has 3 atom stereocenters. The van der Waals surface area contributed by atoms with E-state index in [-0.39, 0.29) is 18.1 Å². The van der Waals surface area contributed by atoms with Crippen LogP contribution in [0.4, 0.5) is 0 Å². The summed E-state index contributed by atoms with van der Waals surface area (Å²) in [4.78, 5) is 10.7. The van der Waals surface area contributed by atoms with Gasteiger partial charge in [0.2, 0.25) is 0 Å². The topological polar surface area (TPSA) is 50.8 Å². The van der Waals surface area contributed by atoms with Crippen LogP contribution in [0.3, 0.4) is 0 Å². The second-order valence-corrected chi connectivity index (χ2v) is 6.80. The van der Waals surface area contributed by atoms with Crippen molar-refractivity contribution in [1.82, 2.24) is 14.9 Å². The van der Waals surface area contributed by atoms with E-state index in [0.717, 1.165) is 24.2 Å². The first-order valence-electron chi connectivity index (χ1n) is 6.92. The highest BCUT2D eigenvalue weighted by molar-refractivity contribution is 6.30. The van der Waals surface area contributed by atoms with E-state index in [1.807, 2.05) is 20.8 Å². The molecule has 110 valence electrons. The zero-order valence-electron chi connectivity index (χ0n) is 12.3. The van der Waals surface area contributed by atoms with Gasteiger partial charge >= 0.3 is 0 Å². The predicted molar refractivity (Wildman–Crippen MR) is 75.3 cm³/mol. The zero-order valence-corrected chi connectivity index (χ0v) is 13.0. The van der Waals surface area contributed by atoms with Crippen molar-refractivity contribution < 1.29 is 9.47 Å². The van der Waals surface area contributed by atoms with Crippen molar-refractivity contribution in [2.75, 3.05) is 0 Å². The highest BCUT2D eigenvalue weighted by atomic mass is 35.5. The van der Waals surface area contributed by atoms with Gasteiger partial charge in [-0.3, -0.25) is 4.90 Å². The number of epoxide rings is 1. The molecule has 0 amide bonds. The number of fused-ring (bicyclic) bond motifs is 1. The van der Waals surface area contributed by atoms with Crippen molar-refractivity contribution in [3.63, 3.8) is 0 Å². The Morgan fingerprint density at radius 1 is 1.40 bits per heavy atom. The van der Waals surface area contributed by atoms with Gasteiger partial charge in [-0.05, 0) is 34.1 Å². The summed E-state index contributed by atoms with van der Waals surface area (Å²) in [6.07, 6.45) is 2.24. The van der Waals surface area contributed by atoms with Crippen LogP contribution in [0.5, 0.6) is 0 Å². The highest BCUT2D eigenvalue weighted by Gasteiger charge is 2.49. The molecule has 2 unspecified atom stereocenters. The van der Waals surface area contributed by atoms with Gasteiger partial charge in [-0.1, -0.05) is 11.6 Å². The van der Waals surface area contributed by atoms with Gasteiger partial charge < -0.3 is 9.47 Å². The lowest BCUT2D eigenvalue weighted by Gasteiger charge is -2.33. The summed E-state index contributed by atoms with van der Waals surface area (Å²) in [7, 11) is 0. The Kier molecular flexibility index (Phi) is 3.49. The third-order valence-corrected chi connectivity index (χ3v) is 3.93. The van der Waals surface area contributed by atoms with Gasteiger partial charge in [0, 0.05) is 18.2 Å². The van der Waals surface area contributed by atoms with Crippen LogP contribution in [-0.2, 0) is 22.4 Å². The monoisotopic (exact) mass is 297 g/mol. The fraction of sp³-hybridized carbons (Fsp3) is 0.714. The van der Waals surface area contributed by atoms with Crippen LogP contribution in [-0.4, -0.2) is 39.0 Å². The summed E-state index contributed by atoms with van der Waals surface area (Å²) in [5.41, 5.74) is 1.86. The summed E-state index contributed by atoms with van der Waals surface area (Å²) in [6, 6.07) is 0.338. The standard InChI is InChI=1S/C14H20ClN3O2/c1-8-5-9-10(16-7-17-11(9)15)6-18(8)12-13(19-12)20-14(2,3)4/h7-8,12-13H,5-6H2,1-4H3/t8?,12?,13-/m1/s1. The molecule has 0 N–H and O–H groups in total. The smallest absolute Gasteiger partial charge is 0.200 e. The Morgan fingerprint density at radius 2 is 2.15 bits per heavy atom. The normalized spacial score (nSPS) is 30.1. The summed E-state index contributed by atoms with van der Waals surface area (Å²) in [5, 5.41) is 0.570. The van der Waals surface area contributed by atoms with E-state index in [9.17, 15) is 0 Å². The van der Waals surface area contributed by atoms with Crippen molar-refractivity contribution in [1.29, 1.82) is 0 Å². The first kappa shape index (κ1) is 14.2. The summed E-state index contributed by atoms with van der Waals surface area (Å²) < 4.78 is 11.5. The molecule has 1 aromatic heterocycles. The molecule has 6 heteroatoms. The second kappa shape index (κ2) is 4.91. The van der Waals surface area contributed by atoms with E-state index in [1.165, 1.54) is 6.33 Å². The Hall–Kier alpha value is -0.750. The number of halogens is 1. The van der Waals surface area contributed by atoms with Crippen molar-refractivity contribution in [3.8, 4) is 0 Å². The molecular formula is C14H20ClN3O2. The molecule has 0 spiro atoms. The Bertz CT molecular complexity index is 518. The Morgan fingerprint density at radius 3 is 2.85 bits per heavy atom. The van der Waals surface area contributed by atoms with Crippen LogP contribution in [0, 0.1) is 0 Å². The van der Waals surface area contributed by atoms with Crippen molar-refractivity contribution in [2.45, 2.75) is 64.8 Å². The largest absolute Gasteiger partial charge is 0.343 e. The lowest BCUT2D eigenvalue weighted by molar-refractivity contribution is -0.0581. The Labute approximate surface area is 124 Å². The van der Waals surface area contributed by atoms with Gasteiger partial charge in [0.05, 0.1) is 11.3 Å². The van der Waals surface area contributed by atoms with Crippen molar-refractivity contribution in [3.05, 3.63) is 22.7 Å². The predicted octanol–water partition coefficient (Wildman–Crippen LogP) is 2.37. The summed E-state index contributed by atoms with van der Waals surface area (Å²) in [6.45, 7) is 9.00. The van der Waals surface area contributed by atoms with E-state index >= 15 is 0 Å². The highest BCUT2D eigenvalue weighted by Crippen LogP contribution is 2.36. The number of hydrogen-bond donors (Lipinski definition) is 0. The molecule has 0 aromatic carbocycles. The van der Waals surface area contributed by atoms with E-state index in [0.29, 0.717) is 11.2 Å². The van der Waals surface area contributed by atoms with Crippen LogP contribution >= 0.6 is 11.6 Å². The van der Waals surface area contributed by atoms with Crippen LogP contribution in [0.1, 0.15) is 39.0 Å². The lowest BCUT2D eigenvalue weighted by atomic mass is 10.0. The molecule has 2 aliphatic heterocycles. The average molecular weight is 298 g/mol. The molecule has 3 heterocycles. The van der Waals surface area contributed by atoms with Crippen LogP contribution in [0.15, 0.2) is 6.33 Å². The summed E-state index contributed by atoms with van der Waals surface area (Å²) >= 11 is 6.14. The number of hydrogen-bond acceptors (Lipinski definition) is 5. The molecule has 2 aliphatic rings. The van der Waals surface area contributed by atoms with Crippen molar-refractivity contribution >= 4 is 11.6 Å². The van der Waals surface area contributed by atoms with E-state index in [4.69, 9.17) is 21.1 Å². The minimum Gasteiger partial charge on any atom is -0.343 e. The molecule has 3 rings (SSSR count). The van der Waals surface area contributed by atoms with E-state index in [2.05, 4.69) is 21.8 Å². The minimum atomic E-state index is -0.193. The van der Waals surface area contributed by atoms with Crippen molar-refractivity contribution in [2.24, 2.45) is 0 Å². The zero-order chi connectivity index (χ0) is 14.5. The molecule has 0 radical (unpaired) electrons. The third-order valence-electron chi connectivity index (χ3n) is 3.61. The maximum Gasteiger partial charge on any atom is 0.200 e. The van der Waals surface area contributed by atoms with Crippen LogP contribution in [0.25, 0.3) is 0 Å².